The van der Waals surface area contributed by atoms with Gasteiger partial charge in [0.15, 0.2) is 0 Å². The van der Waals surface area contributed by atoms with Crippen molar-refractivity contribution in [3.8, 4) is 5.75 Å². The number of methoxy groups -OCH3 is 1. The first kappa shape index (κ1) is 16.1. The predicted octanol–water partition coefficient (Wildman–Crippen LogP) is 3.29. The molecule has 6 heteroatoms. The number of rotatable bonds is 5. The Morgan fingerprint density at radius 3 is 2.83 bits per heavy atom. The summed E-state index contributed by atoms with van der Waals surface area (Å²) in [5.74, 6) is 1.82. The van der Waals surface area contributed by atoms with E-state index in [1.807, 2.05) is 32.0 Å². The van der Waals surface area contributed by atoms with Crippen LogP contribution in [0.15, 0.2) is 39.4 Å². The molecule has 0 radical (unpaired) electrons. The number of ether oxygens (including phenoxy) is 1. The van der Waals surface area contributed by atoms with E-state index in [1.165, 1.54) is 6.26 Å². The molecule has 0 spiro atoms. The van der Waals surface area contributed by atoms with Gasteiger partial charge in [-0.3, -0.25) is 4.79 Å². The molecule has 2 heterocycles. The highest BCUT2D eigenvalue weighted by Crippen LogP contribution is 2.32. The van der Waals surface area contributed by atoms with Gasteiger partial charge in [-0.05, 0) is 38.1 Å². The van der Waals surface area contributed by atoms with Crippen molar-refractivity contribution in [3.63, 3.8) is 0 Å². The molecule has 0 bridgehead atoms. The molecular weight excluding hydrogens is 308 g/mol. The van der Waals surface area contributed by atoms with E-state index < -0.39 is 0 Å². The number of aryl methyl sites for hydroxylation is 1. The highest BCUT2D eigenvalue weighted by molar-refractivity contribution is 5.94. The topological polar surface area (TPSA) is 90.6 Å². The second-order valence-electron chi connectivity index (χ2n) is 5.65. The van der Waals surface area contributed by atoms with Crippen molar-refractivity contribution < 1.29 is 18.4 Å². The van der Waals surface area contributed by atoms with Gasteiger partial charge in [0.2, 0.25) is 0 Å². The van der Waals surface area contributed by atoms with E-state index in [0.717, 1.165) is 22.3 Å². The first-order valence-electron chi connectivity index (χ1n) is 7.69. The lowest BCUT2D eigenvalue weighted by molar-refractivity contribution is 0.0935. The lowest BCUT2D eigenvalue weighted by atomic mass is 10.1. The summed E-state index contributed by atoms with van der Waals surface area (Å²) in [4.78, 5) is 12.3. The van der Waals surface area contributed by atoms with Crippen LogP contribution in [-0.2, 0) is 6.54 Å². The van der Waals surface area contributed by atoms with Crippen LogP contribution in [0.4, 0.5) is 0 Å². The Bertz CT molecular complexity index is 878. The summed E-state index contributed by atoms with van der Waals surface area (Å²) < 4.78 is 16.4. The van der Waals surface area contributed by atoms with Gasteiger partial charge in [0.25, 0.3) is 5.91 Å². The summed E-state index contributed by atoms with van der Waals surface area (Å²) >= 11 is 0. The van der Waals surface area contributed by atoms with Gasteiger partial charge in [-0.15, -0.1) is 0 Å². The Kier molecular flexibility index (Phi) is 4.31. The standard InChI is InChI=1S/C18H20N2O4/c1-10-15-7-13(22-3)4-5-16(15)24-17(10)11(2)20-18(21)12-6-14(8-19)23-9-12/h4-7,9,11H,8,19H2,1-3H3,(H,20,21). The molecule has 3 N–H and O–H groups in total. The number of nitrogens with two attached hydrogens (primary N) is 1. The van der Waals surface area contributed by atoms with Crippen molar-refractivity contribution in [2.75, 3.05) is 7.11 Å². The molecule has 24 heavy (non-hydrogen) atoms. The number of fused-ring (bicyclic) bond motifs is 1. The van der Waals surface area contributed by atoms with Gasteiger partial charge >= 0.3 is 0 Å². The summed E-state index contributed by atoms with van der Waals surface area (Å²) in [5, 5.41) is 3.89. The monoisotopic (exact) mass is 328 g/mol. The van der Waals surface area contributed by atoms with Crippen molar-refractivity contribution in [1.82, 2.24) is 5.32 Å². The fourth-order valence-electron chi connectivity index (χ4n) is 2.71. The minimum atomic E-state index is -0.285. The number of carbonyl (C=O) groups is 1. The molecule has 3 rings (SSSR count). The Morgan fingerprint density at radius 1 is 1.38 bits per heavy atom. The molecule has 126 valence electrons. The van der Waals surface area contributed by atoms with Gasteiger partial charge in [0, 0.05) is 10.9 Å². The minimum Gasteiger partial charge on any atom is -0.497 e. The summed E-state index contributed by atoms with van der Waals surface area (Å²) in [7, 11) is 1.63. The third kappa shape index (κ3) is 2.88. The summed E-state index contributed by atoms with van der Waals surface area (Å²) in [5.41, 5.74) is 7.67. The maximum atomic E-state index is 12.3. The molecular formula is C18H20N2O4. The molecule has 3 aromatic rings. The first-order valence-corrected chi connectivity index (χ1v) is 7.69. The molecule has 2 aromatic heterocycles. The molecule has 1 atom stereocenters. The number of amides is 1. The van der Waals surface area contributed by atoms with Crippen molar-refractivity contribution in [3.05, 3.63) is 53.2 Å². The minimum absolute atomic E-state index is 0.233. The fourth-order valence-corrected chi connectivity index (χ4v) is 2.71. The summed E-state index contributed by atoms with van der Waals surface area (Å²) in [6.07, 6.45) is 1.40. The maximum absolute atomic E-state index is 12.3. The Balaban J connectivity index is 1.84. The van der Waals surface area contributed by atoms with Crippen molar-refractivity contribution >= 4 is 16.9 Å². The van der Waals surface area contributed by atoms with E-state index in [4.69, 9.17) is 19.3 Å². The van der Waals surface area contributed by atoms with Gasteiger partial charge in [-0.2, -0.15) is 0 Å². The number of hydrogen-bond donors (Lipinski definition) is 2. The summed E-state index contributed by atoms with van der Waals surface area (Å²) in [6, 6.07) is 6.99. The zero-order chi connectivity index (χ0) is 17.3. The Labute approximate surface area is 139 Å². The average molecular weight is 328 g/mol. The Hall–Kier alpha value is -2.73. The van der Waals surface area contributed by atoms with E-state index >= 15 is 0 Å². The van der Waals surface area contributed by atoms with Crippen LogP contribution in [-0.4, -0.2) is 13.0 Å². The lowest BCUT2D eigenvalue weighted by Crippen LogP contribution is -2.26. The third-order valence-electron chi connectivity index (χ3n) is 4.04. The molecule has 0 aliphatic carbocycles. The Morgan fingerprint density at radius 2 is 2.17 bits per heavy atom. The molecule has 6 nitrogen and oxygen atoms in total. The number of carbonyl (C=O) groups excluding carboxylic acids is 1. The van der Waals surface area contributed by atoms with Crippen LogP contribution >= 0.6 is 0 Å². The second kappa shape index (κ2) is 6.41. The molecule has 1 unspecified atom stereocenters. The molecule has 1 aromatic carbocycles. The molecule has 0 aliphatic heterocycles. The van der Waals surface area contributed by atoms with Gasteiger partial charge < -0.3 is 24.6 Å². The molecule has 0 saturated heterocycles. The van der Waals surface area contributed by atoms with Crippen molar-refractivity contribution in [2.45, 2.75) is 26.4 Å². The van der Waals surface area contributed by atoms with Gasteiger partial charge in [0.1, 0.15) is 29.1 Å². The van der Waals surface area contributed by atoms with Crippen molar-refractivity contribution in [2.24, 2.45) is 5.73 Å². The number of nitrogens with one attached hydrogen (secondary N) is 1. The smallest absolute Gasteiger partial charge is 0.255 e. The summed E-state index contributed by atoms with van der Waals surface area (Å²) in [6.45, 7) is 4.10. The molecule has 0 fully saturated rings. The van der Waals surface area contributed by atoms with E-state index in [0.29, 0.717) is 17.1 Å². The van der Waals surface area contributed by atoms with Crippen LogP contribution in [0, 0.1) is 6.92 Å². The maximum Gasteiger partial charge on any atom is 0.255 e. The lowest BCUT2D eigenvalue weighted by Gasteiger charge is -2.11. The van der Waals surface area contributed by atoms with E-state index in [2.05, 4.69) is 5.32 Å². The van der Waals surface area contributed by atoms with Gasteiger partial charge in [-0.1, -0.05) is 0 Å². The van der Waals surface area contributed by atoms with Crippen LogP contribution < -0.4 is 15.8 Å². The van der Waals surface area contributed by atoms with Crippen LogP contribution in [0.1, 0.15) is 40.4 Å². The zero-order valence-electron chi connectivity index (χ0n) is 13.9. The van der Waals surface area contributed by atoms with E-state index in [1.54, 1.807) is 13.2 Å². The van der Waals surface area contributed by atoms with Gasteiger partial charge in [-0.25, -0.2) is 0 Å². The second-order valence-corrected chi connectivity index (χ2v) is 5.65. The van der Waals surface area contributed by atoms with Crippen LogP contribution in [0.2, 0.25) is 0 Å². The van der Waals surface area contributed by atoms with Crippen LogP contribution in [0.3, 0.4) is 0 Å². The largest absolute Gasteiger partial charge is 0.497 e. The zero-order valence-corrected chi connectivity index (χ0v) is 13.9. The highest BCUT2D eigenvalue weighted by Gasteiger charge is 2.20. The highest BCUT2D eigenvalue weighted by atomic mass is 16.5. The van der Waals surface area contributed by atoms with E-state index in [9.17, 15) is 4.79 Å². The van der Waals surface area contributed by atoms with E-state index in [-0.39, 0.29) is 18.5 Å². The quantitative estimate of drug-likeness (QED) is 0.750. The van der Waals surface area contributed by atoms with Crippen molar-refractivity contribution in [1.29, 1.82) is 0 Å². The van der Waals surface area contributed by atoms with Crippen LogP contribution in [0.25, 0.3) is 11.0 Å². The predicted molar refractivity (Wildman–Crippen MR) is 90.0 cm³/mol. The molecule has 0 saturated carbocycles. The number of hydrogen-bond acceptors (Lipinski definition) is 5. The number of benzene rings is 1. The normalized spacial score (nSPS) is 12.3. The molecule has 0 aliphatic rings. The van der Waals surface area contributed by atoms with Crippen LogP contribution in [0.5, 0.6) is 5.75 Å². The third-order valence-corrected chi connectivity index (χ3v) is 4.04. The molecule has 1 amide bonds. The van der Waals surface area contributed by atoms with Gasteiger partial charge in [0.05, 0.1) is 25.3 Å². The number of furan rings is 2. The average Bonchev–Trinajstić information content (AvgIpc) is 3.19. The SMILES string of the molecule is COc1ccc2oc(C(C)NC(=O)c3coc(CN)c3)c(C)c2c1. The fraction of sp³-hybridized carbons (Fsp3) is 0.278. The first-order chi connectivity index (χ1) is 11.5.